The molecule has 0 atom stereocenters. The molecule has 0 aromatic carbocycles. The minimum absolute atomic E-state index is 0.0300. The van der Waals surface area contributed by atoms with E-state index in [1.807, 2.05) is 6.92 Å². The maximum absolute atomic E-state index is 11.2. The van der Waals surface area contributed by atoms with E-state index in [9.17, 15) is 9.59 Å². The van der Waals surface area contributed by atoms with E-state index in [4.69, 9.17) is 0 Å². The summed E-state index contributed by atoms with van der Waals surface area (Å²) in [4.78, 5) is 23.3. The molecule has 0 spiro atoms. The van der Waals surface area contributed by atoms with Crippen LogP contribution in [-0.4, -0.2) is 30.2 Å². The third kappa shape index (κ3) is 4.88. The molecule has 0 rings (SSSR count). The topological polar surface area (TPSA) is 37.4 Å². The summed E-state index contributed by atoms with van der Waals surface area (Å²) >= 11 is 0. The largest absolute Gasteiger partial charge is 0.338 e. The summed E-state index contributed by atoms with van der Waals surface area (Å²) in [7, 11) is 1.67. The highest BCUT2D eigenvalue weighted by Crippen LogP contribution is 1.98. The number of unbranched alkanes of at least 4 members (excludes halogenated alkanes) is 1. The Bertz CT molecular complexity index is 166. The van der Waals surface area contributed by atoms with Crippen molar-refractivity contribution in [1.82, 2.24) is 4.90 Å². The van der Waals surface area contributed by atoms with Gasteiger partial charge < -0.3 is 4.90 Å². The van der Waals surface area contributed by atoms with Crippen LogP contribution in [0.3, 0.4) is 0 Å². The monoisotopic (exact) mass is 171 g/mol. The summed E-state index contributed by atoms with van der Waals surface area (Å²) in [5.74, 6) is 0.0920. The van der Waals surface area contributed by atoms with Gasteiger partial charge in [0.15, 0.2) is 0 Å². The van der Waals surface area contributed by atoms with Gasteiger partial charge in [-0.1, -0.05) is 13.3 Å². The highest BCUT2D eigenvalue weighted by atomic mass is 16.2. The average Bonchev–Trinajstić information content (AvgIpc) is 1.98. The third-order valence-corrected chi connectivity index (χ3v) is 1.63. The molecule has 0 saturated carbocycles. The molecule has 0 bridgehead atoms. The van der Waals surface area contributed by atoms with E-state index in [0.717, 1.165) is 12.8 Å². The number of nitrogens with zero attached hydrogens (tertiary/aromatic N) is 1. The Morgan fingerprint density at radius 3 is 2.33 bits per heavy atom. The molecule has 0 saturated heterocycles. The molecule has 0 fully saturated rings. The van der Waals surface area contributed by atoms with Crippen molar-refractivity contribution < 1.29 is 9.59 Å². The molecule has 0 N–H and O–H groups in total. The predicted octanol–water partition coefficient (Wildman–Crippen LogP) is 1.22. The van der Waals surface area contributed by atoms with Crippen LogP contribution in [0.5, 0.6) is 0 Å². The molecule has 0 aromatic heterocycles. The van der Waals surface area contributed by atoms with Crippen molar-refractivity contribution in [2.45, 2.75) is 33.1 Å². The van der Waals surface area contributed by atoms with Crippen LogP contribution in [0, 0.1) is 0 Å². The van der Waals surface area contributed by atoms with Gasteiger partial charge in [-0.25, -0.2) is 0 Å². The van der Waals surface area contributed by atoms with E-state index in [0.29, 0.717) is 6.42 Å². The number of hydrogen-bond donors (Lipinski definition) is 0. The van der Waals surface area contributed by atoms with Gasteiger partial charge in [-0.15, -0.1) is 0 Å². The molecule has 12 heavy (non-hydrogen) atoms. The zero-order valence-corrected chi connectivity index (χ0v) is 8.09. The first kappa shape index (κ1) is 11.1. The van der Waals surface area contributed by atoms with Crippen LogP contribution in [-0.2, 0) is 9.59 Å². The van der Waals surface area contributed by atoms with Crippen molar-refractivity contribution in [2.75, 3.05) is 13.6 Å². The molecule has 0 aliphatic heterocycles. The fourth-order valence-electron chi connectivity index (χ4n) is 0.941. The molecular weight excluding hydrogens is 154 g/mol. The van der Waals surface area contributed by atoms with Gasteiger partial charge in [0.1, 0.15) is 5.78 Å². The Labute approximate surface area is 73.7 Å². The Morgan fingerprint density at radius 1 is 1.33 bits per heavy atom. The van der Waals surface area contributed by atoms with Crippen LogP contribution < -0.4 is 0 Å². The van der Waals surface area contributed by atoms with Crippen LogP contribution >= 0.6 is 0 Å². The second-order valence-electron chi connectivity index (χ2n) is 3.06. The lowest BCUT2D eigenvalue weighted by Gasteiger charge is -2.14. The Morgan fingerprint density at radius 2 is 1.92 bits per heavy atom. The predicted molar refractivity (Wildman–Crippen MR) is 47.8 cm³/mol. The van der Waals surface area contributed by atoms with E-state index >= 15 is 0 Å². The maximum atomic E-state index is 11.2. The second kappa shape index (κ2) is 5.75. The number of Topliss-reactive ketones (excluding diaryl/α,β-unsaturated/α-hetero) is 1. The van der Waals surface area contributed by atoms with Crippen molar-refractivity contribution in [3.05, 3.63) is 0 Å². The molecule has 70 valence electrons. The van der Waals surface area contributed by atoms with E-state index in [1.165, 1.54) is 11.8 Å². The lowest BCUT2D eigenvalue weighted by Crippen LogP contribution is -2.30. The maximum Gasteiger partial charge on any atom is 0.222 e. The van der Waals surface area contributed by atoms with Crippen LogP contribution in [0.15, 0.2) is 0 Å². The van der Waals surface area contributed by atoms with Gasteiger partial charge in [0.2, 0.25) is 5.91 Å². The summed E-state index contributed by atoms with van der Waals surface area (Å²) < 4.78 is 0. The number of carbonyl (C=O) groups is 2. The number of hydrogen-bond acceptors (Lipinski definition) is 2. The van der Waals surface area contributed by atoms with Gasteiger partial charge in [-0.05, 0) is 13.3 Å². The lowest BCUT2D eigenvalue weighted by molar-refractivity contribution is -0.133. The zero-order valence-electron chi connectivity index (χ0n) is 8.09. The second-order valence-corrected chi connectivity index (χ2v) is 3.06. The van der Waals surface area contributed by atoms with Crippen molar-refractivity contribution in [1.29, 1.82) is 0 Å². The minimum Gasteiger partial charge on any atom is -0.338 e. The van der Waals surface area contributed by atoms with Gasteiger partial charge in [0.25, 0.3) is 0 Å². The molecule has 0 unspecified atom stereocenters. The molecule has 0 radical (unpaired) electrons. The smallest absolute Gasteiger partial charge is 0.222 e. The Kier molecular flexibility index (Phi) is 5.34. The SMILES string of the molecule is CCCCC(=O)N(C)CC(C)=O. The first-order chi connectivity index (χ1) is 5.57. The molecule has 3 heteroatoms. The number of likely N-dealkylation sites (N-methyl/N-ethyl adjacent to an activating group) is 1. The van der Waals surface area contributed by atoms with E-state index < -0.39 is 0 Å². The van der Waals surface area contributed by atoms with Gasteiger partial charge in [0.05, 0.1) is 6.54 Å². The van der Waals surface area contributed by atoms with Crippen molar-refractivity contribution in [2.24, 2.45) is 0 Å². The van der Waals surface area contributed by atoms with Crippen LogP contribution in [0.4, 0.5) is 0 Å². The van der Waals surface area contributed by atoms with Crippen molar-refractivity contribution >= 4 is 11.7 Å². The number of amides is 1. The van der Waals surface area contributed by atoms with E-state index in [2.05, 4.69) is 0 Å². The van der Waals surface area contributed by atoms with Crippen molar-refractivity contribution in [3.63, 3.8) is 0 Å². The van der Waals surface area contributed by atoms with Gasteiger partial charge in [-0.3, -0.25) is 9.59 Å². The van der Waals surface area contributed by atoms with E-state index in [-0.39, 0.29) is 18.2 Å². The molecule has 1 amide bonds. The van der Waals surface area contributed by atoms with Gasteiger partial charge in [-0.2, -0.15) is 0 Å². The molecule has 0 heterocycles. The summed E-state index contributed by atoms with van der Waals surface area (Å²) in [6.07, 6.45) is 2.47. The standard InChI is InChI=1S/C9H17NO2/c1-4-5-6-9(12)10(3)7-8(2)11/h4-7H2,1-3H3. The summed E-state index contributed by atoms with van der Waals surface area (Å²) in [5.41, 5.74) is 0. The van der Waals surface area contributed by atoms with Crippen LogP contribution in [0.25, 0.3) is 0 Å². The highest BCUT2D eigenvalue weighted by molar-refractivity contribution is 5.84. The zero-order chi connectivity index (χ0) is 9.56. The third-order valence-electron chi connectivity index (χ3n) is 1.63. The summed E-state index contributed by atoms with van der Waals surface area (Å²) in [6, 6.07) is 0. The first-order valence-electron chi connectivity index (χ1n) is 4.31. The molecule has 0 aromatic rings. The Balaban J connectivity index is 3.69. The highest BCUT2D eigenvalue weighted by Gasteiger charge is 2.08. The van der Waals surface area contributed by atoms with Gasteiger partial charge >= 0.3 is 0 Å². The van der Waals surface area contributed by atoms with Crippen molar-refractivity contribution in [3.8, 4) is 0 Å². The molecular formula is C9H17NO2. The first-order valence-corrected chi connectivity index (χ1v) is 4.31. The Hall–Kier alpha value is -0.860. The fourth-order valence-corrected chi connectivity index (χ4v) is 0.941. The number of ketones is 1. The summed E-state index contributed by atoms with van der Waals surface area (Å²) in [5, 5.41) is 0. The quantitative estimate of drug-likeness (QED) is 0.623. The lowest BCUT2D eigenvalue weighted by atomic mass is 10.2. The van der Waals surface area contributed by atoms with Gasteiger partial charge in [0, 0.05) is 13.5 Å². The number of rotatable bonds is 5. The fraction of sp³-hybridized carbons (Fsp3) is 0.778. The average molecular weight is 171 g/mol. The normalized spacial score (nSPS) is 9.58. The minimum atomic E-state index is 0.0300. The summed E-state index contributed by atoms with van der Waals surface area (Å²) in [6.45, 7) is 3.77. The van der Waals surface area contributed by atoms with E-state index in [1.54, 1.807) is 7.05 Å². The molecule has 3 nitrogen and oxygen atoms in total. The molecule has 0 aliphatic carbocycles. The van der Waals surface area contributed by atoms with Crippen LogP contribution in [0.1, 0.15) is 33.1 Å². The van der Waals surface area contributed by atoms with Crippen LogP contribution in [0.2, 0.25) is 0 Å². The number of carbonyl (C=O) groups excluding carboxylic acids is 2. The molecule has 0 aliphatic rings.